The molecule has 2 N–H and O–H groups in total. The molecular formula is C22H28O2. The first-order chi connectivity index (χ1) is 11.3. The Hall–Kier alpha value is -1.96. The van der Waals surface area contributed by atoms with E-state index in [4.69, 9.17) is 0 Å². The van der Waals surface area contributed by atoms with Crippen molar-refractivity contribution < 1.29 is 10.2 Å². The maximum atomic E-state index is 10.6. The Labute approximate surface area is 145 Å². The molecule has 1 aliphatic rings. The number of hydrogen-bond acceptors (Lipinski definition) is 2. The Bertz CT molecular complexity index is 732. The zero-order chi connectivity index (χ0) is 17.5. The molecule has 0 saturated heterocycles. The van der Waals surface area contributed by atoms with Crippen LogP contribution in [0.15, 0.2) is 36.4 Å². The van der Waals surface area contributed by atoms with E-state index in [9.17, 15) is 10.2 Å². The molecule has 0 aromatic heterocycles. The van der Waals surface area contributed by atoms with Crippen LogP contribution in [0.1, 0.15) is 61.3 Å². The van der Waals surface area contributed by atoms with Gasteiger partial charge in [-0.05, 0) is 84.7 Å². The van der Waals surface area contributed by atoms with Gasteiger partial charge in [0.05, 0.1) is 0 Å². The van der Waals surface area contributed by atoms with Crippen molar-refractivity contribution in [2.75, 3.05) is 0 Å². The Morgan fingerprint density at radius 3 is 2.29 bits per heavy atom. The predicted octanol–water partition coefficient (Wildman–Crippen LogP) is 5.58. The lowest BCUT2D eigenvalue weighted by molar-refractivity contribution is 0.198. The summed E-state index contributed by atoms with van der Waals surface area (Å²) in [5.74, 6) is 1.75. The highest BCUT2D eigenvalue weighted by atomic mass is 16.3. The minimum absolute atomic E-state index is 0.125. The SMILES string of the molecule is Cc1ccc(C2CCC(C)(c3ccc(O)cc3)C(C)C2)c(O)c1C. The summed E-state index contributed by atoms with van der Waals surface area (Å²) in [5, 5.41) is 20.1. The molecule has 128 valence electrons. The minimum Gasteiger partial charge on any atom is -0.508 e. The van der Waals surface area contributed by atoms with Gasteiger partial charge in [0, 0.05) is 0 Å². The quantitative estimate of drug-likeness (QED) is 0.757. The highest BCUT2D eigenvalue weighted by molar-refractivity contribution is 5.46. The van der Waals surface area contributed by atoms with Crippen LogP contribution >= 0.6 is 0 Å². The van der Waals surface area contributed by atoms with Crippen molar-refractivity contribution in [1.82, 2.24) is 0 Å². The maximum absolute atomic E-state index is 10.6. The van der Waals surface area contributed by atoms with Gasteiger partial charge in [0.25, 0.3) is 0 Å². The molecule has 1 saturated carbocycles. The third kappa shape index (κ3) is 2.79. The average Bonchev–Trinajstić information content (AvgIpc) is 2.56. The zero-order valence-electron chi connectivity index (χ0n) is 15.1. The number of benzene rings is 2. The van der Waals surface area contributed by atoms with Gasteiger partial charge < -0.3 is 10.2 Å². The van der Waals surface area contributed by atoms with Crippen LogP contribution in [0.2, 0.25) is 0 Å². The molecule has 0 spiro atoms. The van der Waals surface area contributed by atoms with Crippen LogP contribution in [0.3, 0.4) is 0 Å². The van der Waals surface area contributed by atoms with Gasteiger partial charge in [0.2, 0.25) is 0 Å². The molecule has 2 nitrogen and oxygen atoms in total. The van der Waals surface area contributed by atoms with Crippen LogP contribution in [0.5, 0.6) is 11.5 Å². The third-order valence-electron chi connectivity index (χ3n) is 6.44. The summed E-state index contributed by atoms with van der Waals surface area (Å²) >= 11 is 0. The Morgan fingerprint density at radius 1 is 1.00 bits per heavy atom. The second kappa shape index (κ2) is 6.16. The first-order valence-electron chi connectivity index (χ1n) is 8.91. The third-order valence-corrected chi connectivity index (χ3v) is 6.44. The van der Waals surface area contributed by atoms with Crippen molar-refractivity contribution in [2.24, 2.45) is 5.92 Å². The second-order valence-corrected chi connectivity index (χ2v) is 7.78. The molecule has 1 aliphatic carbocycles. The van der Waals surface area contributed by atoms with Crippen molar-refractivity contribution >= 4 is 0 Å². The Kier molecular flexibility index (Phi) is 4.33. The fourth-order valence-electron chi connectivity index (χ4n) is 4.23. The summed E-state index contributed by atoms with van der Waals surface area (Å²) in [4.78, 5) is 0. The van der Waals surface area contributed by atoms with Crippen LogP contribution in [0.25, 0.3) is 0 Å². The first kappa shape index (κ1) is 16.9. The molecule has 0 amide bonds. The zero-order valence-corrected chi connectivity index (χ0v) is 15.1. The summed E-state index contributed by atoms with van der Waals surface area (Å²) < 4.78 is 0. The van der Waals surface area contributed by atoms with Gasteiger partial charge in [-0.2, -0.15) is 0 Å². The molecule has 2 aromatic rings. The first-order valence-corrected chi connectivity index (χ1v) is 8.91. The average molecular weight is 324 g/mol. The van der Waals surface area contributed by atoms with E-state index < -0.39 is 0 Å². The number of aryl methyl sites for hydroxylation is 1. The van der Waals surface area contributed by atoms with Crippen molar-refractivity contribution in [3.8, 4) is 11.5 Å². The van der Waals surface area contributed by atoms with E-state index in [0.29, 0.717) is 23.3 Å². The Balaban J connectivity index is 1.85. The van der Waals surface area contributed by atoms with E-state index in [-0.39, 0.29) is 5.41 Å². The molecule has 24 heavy (non-hydrogen) atoms. The van der Waals surface area contributed by atoms with Gasteiger partial charge in [-0.3, -0.25) is 0 Å². The smallest absolute Gasteiger partial charge is 0.122 e. The maximum Gasteiger partial charge on any atom is 0.122 e. The second-order valence-electron chi connectivity index (χ2n) is 7.78. The number of rotatable bonds is 2. The molecule has 0 heterocycles. The molecule has 2 heteroatoms. The number of hydrogen-bond donors (Lipinski definition) is 2. The Morgan fingerprint density at radius 2 is 1.67 bits per heavy atom. The molecule has 3 unspecified atom stereocenters. The standard InChI is InChI=1S/C22H28O2/c1-14-5-10-20(21(24)16(14)3)17-11-12-22(4,15(2)13-17)18-6-8-19(23)9-7-18/h5-10,15,17,23-24H,11-13H2,1-4H3. The molecule has 3 atom stereocenters. The fourth-order valence-corrected chi connectivity index (χ4v) is 4.23. The number of phenolic OH excluding ortho intramolecular Hbond substituents is 2. The van der Waals surface area contributed by atoms with Crippen LogP contribution < -0.4 is 0 Å². The topological polar surface area (TPSA) is 40.5 Å². The molecule has 0 bridgehead atoms. The molecule has 1 fully saturated rings. The highest BCUT2D eigenvalue weighted by Gasteiger charge is 2.39. The molecule has 0 aliphatic heterocycles. The van der Waals surface area contributed by atoms with Crippen molar-refractivity contribution in [3.05, 3.63) is 58.7 Å². The van der Waals surface area contributed by atoms with Crippen molar-refractivity contribution in [1.29, 1.82) is 0 Å². The molecular weight excluding hydrogens is 296 g/mol. The van der Waals surface area contributed by atoms with Crippen LogP contribution in [-0.4, -0.2) is 10.2 Å². The van der Waals surface area contributed by atoms with Gasteiger partial charge in [-0.25, -0.2) is 0 Å². The summed E-state index contributed by atoms with van der Waals surface area (Å²) in [6.45, 7) is 8.70. The summed E-state index contributed by atoms with van der Waals surface area (Å²) in [6.07, 6.45) is 3.25. The van der Waals surface area contributed by atoms with E-state index in [1.165, 1.54) is 5.56 Å². The van der Waals surface area contributed by atoms with Gasteiger partial charge in [-0.15, -0.1) is 0 Å². The monoisotopic (exact) mass is 324 g/mol. The summed E-state index contributed by atoms with van der Waals surface area (Å²) in [5.41, 5.74) is 4.69. The molecule has 2 aromatic carbocycles. The number of phenols is 2. The van der Waals surface area contributed by atoms with Crippen molar-refractivity contribution in [2.45, 2.75) is 58.3 Å². The molecule has 0 radical (unpaired) electrons. The van der Waals surface area contributed by atoms with E-state index in [1.54, 1.807) is 12.1 Å². The van der Waals surface area contributed by atoms with Crippen LogP contribution in [0.4, 0.5) is 0 Å². The van der Waals surface area contributed by atoms with E-state index >= 15 is 0 Å². The molecule has 3 rings (SSSR count). The van der Waals surface area contributed by atoms with E-state index in [2.05, 4.69) is 38.1 Å². The largest absolute Gasteiger partial charge is 0.508 e. The van der Waals surface area contributed by atoms with Crippen LogP contribution in [0, 0.1) is 19.8 Å². The van der Waals surface area contributed by atoms with Gasteiger partial charge in [0.15, 0.2) is 0 Å². The lowest BCUT2D eigenvalue weighted by Gasteiger charge is -2.44. The fraction of sp³-hybridized carbons (Fsp3) is 0.455. The van der Waals surface area contributed by atoms with E-state index in [1.807, 2.05) is 13.8 Å². The lowest BCUT2D eigenvalue weighted by Crippen LogP contribution is -2.36. The van der Waals surface area contributed by atoms with Crippen LogP contribution in [-0.2, 0) is 5.41 Å². The van der Waals surface area contributed by atoms with Gasteiger partial charge in [0.1, 0.15) is 11.5 Å². The summed E-state index contributed by atoms with van der Waals surface area (Å²) in [7, 11) is 0. The summed E-state index contributed by atoms with van der Waals surface area (Å²) in [6, 6.07) is 11.9. The predicted molar refractivity (Wildman–Crippen MR) is 98.8 cm³/mol. The minimum atomic E-state index is 0.125. The lowest BCUT2D eigenvalue weighted by atomic mass is 9.61. The highest BCUT2D eigenvalue weighted by Crippen LogP contribution is 2.50. The van der Waals surface area contributed by atoms with Crippen molar-refractivity contribution in [3.63, 3.8) is 0 Å². The normalized spacial score (nSPS) is 27.2. The van der Waals surface area contributed by atoms with E-state index in [0.717, 1.165) is 36.0 Å². The number of aromatic hydroxyl groups is 2. The van der Waals surface area contributed by atoms with Gasteiger partial charge >= 0.3 is 0 Å². The van der Waals surface area contributed by atoms with Gasteiger partial charge in [-0.1, -0.05) is 38.1 Å².